The van der Waals surface area contributed by atoms with Crippen LogP contribution >= 0.6 is 0 Å². The summed E-state index contributed by atoms with van der Waals surface area (Å²) in [5, 5.41) is 8.53. The molecule has 0 amide bonds. The van der Waals surface area contributed by atoms with Gasteiger partial charge in [0, 0.05) is 5.92 Å². The Labute approximate surface area is 77.4 Å². The summed E-state index contributed by atoms with van der Waals surface area (Å²) in [6.45, 7) is 2.01. The van der Waals surface area contributed by atoms with E-state index in [1.807, 2.05) is 13.0 Å². The van der Waals surface area contributed by atoms with Crippen molar-refractivity contribution in [1.82, 2.24) is 0 Å². The Kier molecular flexibility index (Phi) is 3.23. The number of Topliss-reactive ketones (excluding diaryl/α,β-unsaturated/α-hetero) is 1. The summed E-state index contributed by atoms with van der Waals surface area (Å²) in [7, 11) is 0. The van der Waals surface area contributed by atoms with Gasteiger partial charge in [0.2, 0.25) is 0 Å². The molecule has 72 valence electrons. The van der Waals surface area contributed by atoms with Gasteiger partial charge < -0.3 is 5.11 Å². The molecule has 1 rings (SSSR count). The van der Waals surface area contributed by atoms with Gasteiger partial charge in [-0.25, -0.2) is 0 Å². The summed E-state index contributed by atoms with van der Waals surface area (Å²) in [4.78, 5) is 21.9. The molecule has 1 atom stereocenters. The Hall–Kier alpha value is -1.12. The minimum Gasteiger partial charge on any atom is -0.481 e. The van der Waals surface area contributed by atoms with E-state index in [1.54, 1.807) is 0 Å². The third-order valence-corrected chi connectivity index (χ3v) is 2.28. The third-order valence-electron chi connectivity index (χ3n) is 2.28. The summed E-state index contributed by atoms with van der Waals surface area (Å²) < 4.78 is 0. The molecule has 0 bridgehead atoms. The average molecular weight is 182 g/mol. The minimum absolute atomic E-state index is 0.0253. The van der Waals surface area contributed by atoms with E-state index in [0.717, 1.165) is 18.4 Å². The molecular weight excluding hydrogens is 168 g/mol. The molecule has 0 spiro atoms. The first-order chi connectivity index (χ1) is 6.15. The quantitative estimate of drug-likeness (QED) is 0.721. The highest BCUT2D eigenvalue weighted by Crippen LogP contribution is 2.26. The Morgan fingerprint density at radius 2 is 2.38 bits per heavy atom. The Bertz CT molecular complexity index is 253. The number of ketones is 1. The number of hydrogen-bond donors (Lipinski definition) is 1. The number of rotatable bonds is 4. The molecule has 1 aliphatic rings. The molecule has 1 aliphatic carbocycles. The molecular formula is C10H14O3. The normalized spacial score (nSPS) is 21.8. The van der Waals surface area contributed by atoms with Crippen molar-refractivity contribution in [2.45, 2.75) is 32.6 Å². The lowest BCUT2D eigenvalue weighted by Gasteiger charge is -2.04. The lowest BCUT2D eigenvalue weighted by Crippen LogP contribution is -2.14. The molecule has 1 N–H and O–H groups in total. The smallest absolute Gasteiger partial charge is 0.304 e. The van der Waals surface area contributed by atoms with Crippen LogP contribution < -0.4 is 0 Å². The number of aliphatic carboxylic acids is 1. The van der Waals surface area contributed by atoms with Gasteiger partial charge in [0.15, 0.2) is 5.78 Å². The van der Waals surface area contributed by atoms with Gasteiger partial charge >= 0.3 is 5.97 Å². The van der Waals surface area contributed by atoms with Crippen LogP contribution in [0.4, 0.5) is 0 Å². The van der Waals surface area contributed by atoms with E-state index in [4.69, 9.17) is 5.11 Å². The molecule has 0 aromatic rings. The minimum atomic E-state index is -0.885. The predicted octanol–water partition coefficient (Wildman–Crippen LogP) is 1.78. The van der Waals surface area contributed by atoms with E-state index in [-0.39, 0.29) is 18.1 Å². The van der Waals surface area contributed by atoms with Gasteiger partial charge in [0.25, 0.3) is 0 Å². The van der Waals surface area contributed by atoms with Gasteiger partial charge in [-0.3, -0.25) is 9.59 Å². The standard InChI is InChI=1S/C10H14O3/c1-2-3-7-4-5-8(10(7)13)6-9(11)12/h4,8H,2-3,5-6H2,1H3,(H,11,12). The zero-order valence-corrected chi connectivity index (χ0v) is 7.75. The van der Waals surface area contributed by atoms with E-state index in [2.05, 4.69) is 0 Å². The second-order valence-electron chi connectivity index (χ2n) is 3.37. The summed E-state index contributed by atoms with van der Waals surface area (Å²) in [6.07, 6.45) is 4.20. The van der Waals surface area contributed by atoms with Crippen LogP contribution in [0.15, 0.2) is 11.6 Å². The fraction of sp³-hybridized carbons (Fsp3) is 0.600. The number of carbonyl (C=O) groups excluding carboxylic acids is 1. The summed E-state index contributed by atoms with van der Waals surface area (Å²) in [6, 6.07) is 0. The van der Waals surface area contributed by atoms with Crippen LogP contribution in [-0.2, 0) is 9.59 Å². The van der Waals surface area contributed by atoms with Crippen molar-refractivity contribution in [3.05, 3.63) is 11.6 Å². The molecule has 0 saturated heterocycles. The highest BCUT2D eigenvalue weighted by molar-refractivity contribution is 6.00. The van der Waals surface area contributed by atoms with Crippen LogP contribution in [0.25, 0.3) is 0 Å². The first-order valence-corrected chi connectivity index (χ1v) is 4.60. The zero-order valence-electron chi connectivity index (χ0n) is 7.75. The summed E-state index contributed by atoms with van der Waals surface area (Å²) in [5.74, 6) is -1.13. The van der Waals surface area contributed by atoms with E-state index in [0.29, 0.717) is 6.42 Å². The molecule has 0 radical (unpaired) electrons. The SMILES string of the molecule is CCCC1=CCC(CC(=O)O)C1=O. The van der Waals surface area contributed by atoms with Crippen molar-refractivity contribution in [3.8, 4) is 0 Å². The molecule has 13 heavy (non-hydrogen) atoms. The Morgan fingerprint density at radius 3 is 2.92 bits per heavy atom. The maximum Gasteiger partial charge on any atom is 0.304 e. The highest BCUT2D eigenvalue weighted by Gasteiger charge is 2.27. The van der Waals surface area contributed by atoms with Crippen LogP contribution in [0, 0.1) is 5.92 Å². The van der Waals surface area contributed by atoms with Gasteiger partial charge in [0.05, 0.1) is 6.42 Å². The number of allylic oxidation sites excluding steroid dienone is 2. The van der Waals surface area contributed by atoms with Crippen molar-refractivity contribution < 1.29 is 14.7 Å². The molecule has 3 nitrogen and oxygen atoms in total. The lowest BCUT2D eigenvalue weighted by atomic mass is 9.98. The van der Waals surface area contributed by atoms with Crippen molar-refractivity contribution in [2.24, 2.45) is 5.92 Å². The van der Waals surface area contributed by atoms with Gasteiger partial charge in [-0.05, 0) is 18.4 Å². The highest BCUT2D eigenvalue weighted by atomic mass is 16.4. The van der Waals surface area contributed by atoms with Crippen molar-refractivity contribution in [3.63, 3.8) is 0 Å². The predicted molar refractivity (Wildman–Crippen MR) is 48.4 cm³/mol. The van der Waals surface area contributed by atoms with Crippen LogP contribution in [0.2, 0.25) is 0 Å². The number of carboxylic acid groups (broad SMARTS) is 1. The summed E-state index contributed by atoms with van der Waals surface area (Å²) in [5.41, 5.74) is 0.828. The Balaban J connectivity index is 2.51. The fourth-order valence-corrected chi connectivity index (χ4v) is 1.64. The topological polar surface area (TPSA) is 54.4 Å². The van der Waals surface area contributed by atoms with Gasteiger partial charge in [-0.1, -0.05) is 19.4 Å². The number of carboxylic acids is 1. The van der Waals surface area contributed by atoms with Crippen LogP contribution in [0.1, 0.15) is 32.6 Å². The molecule has 0 saturated carbocycles. The maximum atomic E-state index is 11.5. The van der Waals surface area contributed by atoms with Crippen LogP contribution in [0.5, 0.6) is 0 Å². The fourth-order valence-electron chi connectivity index (χ4n) is 1.64. The lowest BCUT2D eigenvalue weighted by molar-refractivity contribution is -0.139. The molecule has 1 unspecified atom stereocenters. The van der Waals surface area contributed by atoms with E-state index < -0.39 is 5.97 Å². The van der Waals surface area contributed by atoms with Gasteiger partial charge in [-0.15, -0.1) is 0 Å². The van der Waals surface area contributed by atoms with Crippen LogP contribution in [-0.4, -0.2) is 16.9 Å². The molecule has 3 heteroatoms. The van der Waals surface area contributed by atoms with E-state index in [1.165, 1.54) is 0 Å². The third kappa shape index (κ3) is 2.41. The van der Waals surface area contributed by atoms with E-state index >= 15 is 0 Å². The van der Waals surface area contributed by atoms with E-state index in [9.17, 15) is 9.59 Å². The molecule has 0 heterocycles. The molecule has 0 aromatic heterocycles. The largest absolute Gasteiger partial charge is 0.481 e. The van der Waals surface area contributed by atoms with Crippen molar-refractivity contribution >= 4 is 11.8 Å². The van der Waals surface area contributed by atoms with Crippen LogP contribution in [0.3, 0.4) is 0 Å². The average Bonchev–Trinajstić information content (AvgIpc) is 2.36. The Morgan fingerprint density at radius 1 is 1.69 bits per heavy atom. The zero-order chi connectivity index (χ0) is 9.84. The van der Waals surface area contributed by atoms with Gasteiger partial charge in [-0.2, -0.15) is 0 Å². The molecule has 0 aliphatic heterocycles. The van der Waals surface area contributed by atoms with Crippen molar-refractivity contribution in [2.75, 3.05) is 0 Å². The first-order valence-electron chi connectivity index (χ1n) is 4.60. The molecule has 0 aromatic carbocycles. The van der Waals surface area contributed by atoms with Gasteiger partial charge in [0.1, 0.15) is 0 Å². The maximum absolute atomic E-state index is 11.5. The monoisotopic (exact) mass is 182 g/mol. The number of carbonyl (C=O) groups is 2. The molecule has 0 fully saturated rings. The second-order valence-corrected chi connectivity index (χ2v) is 3.37. The second kappa shape index (κ2) is 4.21. The number of hydrogen-bond acceptors (Lipinski definition) is 2. The first kappa shape index (κ1) is 9.96. The van der Waals surface area contributed by atoms with Crippen molar-refractivity contribution in [1.29, 1.82) is 0 Å². The summed E-state index contributed by atoms with van der Waals surface area (Å²) >= 11 is 0.